The Bertz CT molecular complexity index is 1450. The third kappa shape index (κ3) is 4.28. The van der Waals surface area contributed by atoms with Gasteiger partial charge in [-0.3, -0.25) is 14.2 Å². The Morgan fingerprint density at radius 1 is 1.09 bits per heavy atom. The van der Waals surface area contributed by atoms with Crippen LogP contribution < -0.4 is 5.32 Å². The number of nitrogens with zero attached hydrogens (tertiary/aromatic N) is 5. The SMILES string of the molecule is Cn1nc(C2CC2)c2c(C(=O)Nc3ccn(Cc4cccc(C(F)(F)F)c4)n3)cc(C3CC3)nc21. The van der Waals surface area contributed by atoms with Gasteiger partial charge in [0.05, 0.1) is 28.8 Å². The third-order valence-corrected chi connectivity index (χ3v) is 6.53. The lowest BCUT2D eigenvalue weighted by molar-refractivity contribution is -0.137. The zero-order valence-corrected chi connectivity index (χ0v) is 19.0. The zero-order valence-electron chi connectivity index (χ0n) is 19.0. The first-order chi connectivity index (χ1) is 16.8. The molecule has 180 valence electrons. The molecule has 2 fully saturated rings. The number of aryl methyl sites for hydroxylation is 1. The average molecular weight is 480 g/mol. The van der Waals surface area contributed by atoms with Crippen molar-refractivity contribution < 1.29 is 18.0 Å². The number of aromatic nitrogens is 5. The van der Waals surface area contributed by atoms with Crippen LogP contribution in [-0.4, -0.2) is 30.5 Å². The summed E-state index contributed by atoms with van der Waals surface area (Å²) in [6.45, 7) is 0.152. The summed E-state index contributed by atoms with van der Waals surface area (Å²) in [7, 11) is 1.86. The number of carbonyl (C=O) groups is 1. The normalized spacial score (nSPS) is 16.1. The molecule has 0 aliphatic heterocycles. The number of anilines is 1. The minimum absolute atomic E-state index is 0.152. The summed E-state index contributed by atoms with van der Waals surface area (Å²) in [5.74, 6) is 0.762. The predicted octanol–water partition coefficient (Wildman–Crippen LogP) is 5.24. The van der Waals surface area contributed by atoms with Gasteiger partial charge in [0.15, 0.2) is 11.5 Å². The number of rotatable bonds is 6. The van der Waals surface area contributed by atoms with E-state index in [-0.39, 0.29) is 12.5 Å². The topological polar surface area (TPSA) is 77.6 Å². The summed E-state index contributed by atoms with van der Waals surface area (Å²) < 4.78 is 42.3. The molecule has 0 radical (unpaired) electrons. The molecule has 1 amide bonds. The van der Waals surface area contributed by atoms with Gasteiger partial charge in [0.2, 0.25) is 0 Å². The van der Waals surface area contributed by atoms with E-state index in [9.17, 15) is 18.0 Å². The van der Waals surface area contributed by atoms with Crippen LogP contribution in [-0.2, 0) is 19.8 Å². The van der Waals surface area contributed by atoms with E-state index in [1.807, 2.05) is 13.1 Å². The Labute approximate surface area is 199 Å². The summed E-state index contributed by atoms with van der Waals surface area (Å²) in [5, 5.41) is 12.7. The molecule has 4 aromatic rings. The second-order valence-corrected chi connectivity index (χ2v) is 9.40. The minimum atomic E-state index is -4.40. The summed E-state index contributed by atoms with van der Waals surface area (Å²) in [4.78, 5) is 18.2. The van der Waals surface area contributed by atoms with E-state index in [1.165, 1.54) is 10.7 Å². The molecule has 0 spiro atoms. The van der Waals surface area contributed by atoms with Gasteiger partial charge in [-0.1, -0.05) is 12.1 Å². The number of benzene rings is 1. The van der Waals surface area contributed by atoms with Crippen LogP contribution in [0.5, 0.6) is 0 Å². The number of alkyl halides is 3. The molecule has 2 aliphatic rings. The van der Waals surface area contributed by atoms with Crippen molar-refractivity contribution in [3.05, 3.63) is 70.7 Å². The molecule has 0 atom stereocenters. The number of hydrogen-bond donors (Lipinski definition) is 1. The fourth-order valence-electron chi connectivity index (χ4n) is 4.44. The van der Waals surface area contributed by atoms with Gasteiger partial charge >= 0.3 is 6.18 Å². The Morgan fingerprint density at radius 2 is 1.86 bits per heavy atom. The highest BCUT2D eigenvalue weighted by molar-refractivity contribution is 6.12. The number of nitrogens with one attached hydrogen (secondary N) is 1. The monoisotopic (exact) mass is 480 g/mol. The number of amides is 1. The number of carbonyl (C=O) groups excluding carboxylic acids is 1. The van der Waals surface area contributed by atoms with E-state index >= 15 is 0 Å². The summed E-state index contributed by atoms with van der Waals surface area (Å²) >= 11 is 0. The van der Waals surface area contributed by atoms with Gasteiger partial charge in [0, 0.05) is 36.8 Å². The second-order valence-electron chi connectivity index (χ2n) is 9.40. The fraction of sp³-hybridized carbons (Fsp3) is 0.360. The minimum Gasteiger partial charge on any atom is -0.305 e. The second kappa shape index (κ2) is 7.93. The number of halogens is 3. The van der Waals surface area contributed by atoms with E-state index in [1.54, 1.807) is 23.0 Å². The Morgan fingerprint density at radius 3 is 2.57 bits per heavy atom. The lowest BCUT2D eigenvalue weighted by Gasteiger charge is -2.09. The predicted molar refractivity (Wildman–Crippen MR) is 123 cm³/mol. The summed E-state index contributed by atoms with van der Waals surface area (Å²) in [5.41, 5.74) is 2.85. The first kappa shape index (κ1) is 21.8. The van der Waals surface area contributed by atoms with Gasteiger partial charge in [0.25, 0.3) is 5.91 Å². The Balaban J connectivity index is 1.27. The molecule has 10 heteroatoms. The molecule has 2 saturated carbocycles. The molecule has 2 aliphatic carbocycles. The van der Waals surface area contributed by atoms with Gasteiger partial charge in [-0.25, -0.2) is 4.98 Å². The standard InChI is InChI=1S/C25H23F3N6O/c1-33-23-21(22(32-33)16-7-8-16)18(12-19(29-23)15-5-6-15)24(35)30-20-9-10-34(31-20)13-14-3-2-4-17(11-14)25(26,27)28/h2-4,9-12,15-16H,5-8,13H2,1H3,(H,30,31,35). The lowest BCUT2D eigenvalue weighted by atomic mass is 10.0. The highest BCUT2D eigenvalue weighted by Crippen LogP contribution is 2.45. The van der Waals surface area contributed by atoms with Crippen LogP contribution in [0, 0.1) is 0 Å². The largest absolute Gasteiger partial charge is 0.416 e. The molecule has 35 heavy (non-hydrogen) atoms. The summed E-state index contributed by atoms with van der Waals surface area (Å²) in [6, 6.07) is 8.65. The zero-order chi connectivity index (χ0) is 24.3. The van der Waals surface area contributed by atoms with Crippen LogP contribution in [0.3, 0.4) is 0 Å². The van der Waals surface area contributed by atoms with Gasteiger partial charge in [-0.2, -0.15) is 23.4 Å². The first-order valence-electron chi connectivity index (χ1n) is 11.6. The molecular weight excluding hydrogens is 457 g/mol. The van der Waals surface area contributed by atoms with Crippen LogP contribution in [0.1, 0.15) is 70.4 Å². The van der Waals surface area contributed by atoms with E-state index in [4.69, 9.17) is 4.98 Å². The highest BCUT2D eigenvalue weighted by Gasteiger charge is 2.34. The van der Waals surface area contributed by atoms with Crippen LogP contribution in [0.4, 0.5) is 19.0 Å². The Hall–Kier alpha value is -3.69. The van der Waals surface area contributed by atoms with Crippen molar-refractivity contribution in [3.8, 4) is 0 Å². The van der Waals surface area contributed by atoms with Gasteiger partial charge in [-0.15, -0.1) is 0 Å². The molecule has 1 aromatic carbocycles. The molecular formula is C25H23F3N6O. The molecule has 0 saturated heterocycles. The fourth-order valence-corrected chi connectivity index (χ4v) is 4.44. The maximum Gasteiger partial charge on any atom is 0.416 e. The smallest absolute Gasteiger partial charge is 0.305 e. The molecule has 7 nitrogen and oxygen atoms in total. The maximum absolute atomic E-state index is 13.4. The van der Waals surface area contributed by atoms with E-state index in [2.05, 4.69) is 15.5 Å². The number of fused-ring (bicyclic) bond motifs is 1. The van der Waals surface area contributed by atoms with Crippen molar-refractivity contribution in [3.63, 3.8) is 0 Å². The maximum atomic E-state index is 13.4. The van der Waals surface area contributed by atoms with Crippen molar-refractivity contribution in [2.75, 3.05) is 5.32 Å². The lowest BCUT2D eigenvalue weighted by Crippen LogP contribution is -2.15. The van der Waals surface area contributed by atoms with Crippen molar-refractivity contribution in [1.82, 2.24) is 24.5 Å². The van der Waals surface area contributed by atoms with Crippen molar-refractivity contribution >= 4 is 22.8 Å². The first-order valence-corrected chi connectivity index (χ1v) is 11.6. The third-order valence-electron chi connectivity index (χ3n) is 6.53. The Kier molecular flexibility index (Phi) is 4.94. The number of pyridine rings is 1. The van der Waals surface area contributed by atoms with Crippen LogP contribution in [0.25, 0.3) is 11.0 Å². The van der Waals surface area contributed by atoms with Crippen LogP contribution in [0.2, 0.25) is 0 Å². The molecule has 0 bridgehead atoms. The van der Waals surface area contributed by atoms with E-state index in [0.717, 1.165) is 60.2 Å². The van der Waals surface area contributed by atoms with Gasteiger partial charge < -0.3 is 5.32 Å². The quantitative estimate of drug-likeness (QED) is 0.410. The van der Waals surface area contributed by atoms with Crippen molar-refractivity contribution in [1.29, 1.82) is 0 Å². The molecule has 3 heterocycles. The van der Waals surface area contributed by atoms with Crippen LogP contribution in [0.15, 0.2) is 42.6 Å². The van der Waals surface area contributed by atoms with E-state index < -0.39 is 11.7 Å². The van der Waals surface area contributed by atoms with Crippen molar-refractivity contribution in [2.24, 2.45) is 7.05 Å². The summed E-state index contributed by atoms with van der Waals surface area (Å²) in [6.07, 6.45) is 1.46. The number of hydrogen-bond acceptors (Lipinski definition) is 4. The van der Waals surface area contributed by atoms with Crippen molar-refractivity contribution in [2.45, 2.75) is 50.2 Å². The highest BCUT2D eigenvalue weighted by atomic mass is 19.4. The molecule has 1 N–H and O–H groups in total. The molecule has 0 unspecified atom stereocenters. The average Bonchev–Trinajstić information content (AvgIpc) is 3.75. The van der Waals surface area contributed by atoms with E-state index in [0.29, 0.717) is 28.8 Å². The van der Waals surface area contributed by atoms with Gasteiger partial charge in [-0.05, 0) is 49.4 Å². The molecule has 3 aromatic heterocycles. The molecule has 6 rings (SSSR count). The van der Waals surface area contributed by atoms with Gasteiger partial charge in [0.1, 0.15) is 0 Å². The van der Waals surface area contributed by atoms with Crippen LogP contribution >= 0.6 is 0 Å².